The fourth-order valence-electron chi connectivity index (χ4n) is 1.55. The van der Waals surface area contributed by atoms with Gasteiger partial charge >= 0.3 is 11.9 Å². The molecule has 0 radical (unpaired) electrons. The third-order valence-electron chi connectivity index (χ3n) is 2.24. The summed E-state index contributed by atoms with van der Waals surface area (Å²) in [5, 5.41) is 0. The van der Waals surface area contributed by atoms with Crippen molar-refractivity contribution in [1.29, 1.82) is 0 Å². The maximum absolute atomic E-state index is 11.3. The largest absolute Gasteiger partial charge is 0.481 e. The Morgan fingerprint density at radius 3 is 2.93 bits per heavy atom. The third-order valence-corrected chi connectivity index (χ3v) is 2.24. The van der Waals surface area contributed by atoms with E-state index in [1.54, 1.807) is 18.3 Å². The smallest absolute Gasteiger partial charge is 0.321 e. The van der Waals surface area contributed by atoms with Crippen LogP contribution in [0.1, 0.15) is 17.9 Å². The Balaban J connectivity index is 2.37. The van der Waals surface area contributed by atoms with Gasteiger partial charge in [0.05, 0.1) is 19.4 Å². The number of carbonyl (C=O) groups excluding carboxylic acids is 2. The average molecular weight is 207 g/mol. The molecule has 5 heteroatoms. The van der Waals surface area contributed by atoms with Gasteiger partial charge in [-0.25, -0.2) is 4.98 Å². The molecule has 1 aliphatic heterocycles. The molecule has 0 N–H and O–H groups in total. The number of hydrogen-bond acceptors (Lipinski definition) is 5. The van der Waals surface area contributed by atoms with Crippen molar-refractivity contribution in [2.24, 2.45) is 0 Å². The van der Waals surface area contributed by atoms with Crippen LogP contribution in [-0.4, -0.2) is 24.0 Å². The molecule has 0 spiro atoms. The quantitative estimate of drug-likeness (QED) is 0.526. The highest BCUT2D eigenvalue weighted by Gasteiger charge is 2.36. The fraction of sp³-hybridized carbons (Fsp3) is 0.300. The number of cyclic esters (lactones) is 2. The van der Waals surface area contributed by atoms with Crippen LogP contribution in [0.2, 0.25) is 0 Å². The molecule has 15 heavy (non-hydrogen) atoms. The molecule has 1 fully saturated rings. The van der Waals surface area contributed by atoms with Gasteiger partial charge in [0, 0.05) is 11.8 Å². The summed E-state index contributed by atoms with van der Waals surface area (Å²) in [6.07, 6.45) is 1.62. The Bertz CT molecular complexity index is 416. The first-order valence-corrected chi connectivity index (χ1v) is 4.46. The Kier molecular flexibility index (Phi) is 2.37. The van der Waals surface area contributed by atoms with Crippen molar-refractivity contribution in [1.82, 2.24) is 4.98 Å². The summed E-state index contributed by atoms with van der Waals surface area (Å²) < 4.78 is 9.48. The van der Waals surface area contributed by atoms with E-state index in [1.165, 1.54) is 7.11 Å². The Labute approximate surface area is 86.0 Å². The number of methoxy groups -OCH3 is 1. The van der Waals surface area contributed by atoms with Gasteiger partial charge in [0.15, 0.2) is 0 Å². The van der Waals surface area contributed by atoms with Gasteiger partial charge in [-0.2, -0.15) is 0 Å². The predicted molar refractivity (Wildman–Crippen MR) is 49.2 cm³/mol. The van der Waals surface area contributed by atoms with Crippen LogP contribution in [0.25, 0.3) is 0 Å². The number of ether oxygens (including phenoxy) is 2. The summed E-state index contributed by atoms with van der Waals surface area (Å²) in [5.74, 6) is -1.27. The maximum Gasteiger partial charge on any atom is 0.321 e. The van der Waals surface area contributed by atoms with Gasteiger partial charge in [-0.05, 0) is 6.07 Å². The van der Waals surface area contributed by atoms with E-state index in [0.717, 1.165) is 0 Å². The van der Waals surface area contributed by atoms with E-state index in [2.05, 4.69) is 9.72 Å². The zero-order valence-corrected chi connectivity index (χ0v) is 8.10. The van der Waals surface area contributed by atoms with Crippen molar-refractivity contribution in [3.63, 3.8) is 0 Å². The zero-order valence-electron chi connectivity index (χ0n) is 8.10. The summed E-state index contributed by atoms with van der Waals surface area (Å²) in [7, 11) is 1.47. The van der Waals surface area contributed by atoms with Crippen molar-refractivity contribution in [3.05, 3.63) is 23.9 Å². The molecule has 0 amide bonds. The monoisotopic (exact) mass is 207 g/mol. The molecule has 2 heterocycles. The molecule has 1 aliphatic rings. The molecule has 0 saturated carbocycles. The topological polar surface area (TPSA) is 65.5 Å². The number of esters is 2. The maximum atomic E-state index is 11.3. The molecule has 0 aromatic carbocycles. The highest BCUT2D eigenvalue weighted by molar-refractivity contribution is 5.98. The predicted octanol–water partition coefficient (Wildman–Crippen LogP) is 0.647. The minimum Gasteiger partial charge on any atom is -0.481 e. The number of nitrogens with zero attached hydrogens (tertiary/aromatic N) is 1. The number of pyridine rings is 1. The second-order valence-corrected chi connectivity index (χ2v) is 3.15. The first-order valence-electron chi connectivity index (χ1n) is 4.46. The normalized spacial score (nSPS) is 20.2. The van der Waals surface area contributed by atoms with E-state index in [-0.39, 0.29) is 6.42 Å². The van der Waals surface area contributed by atoms with E-state index in [4.69, 9.17) is 4.74 Å². The molecule has 1 aromatic heterocycles. The van der Waals surface area contributed by atoms with E-state index in [1.807, 2.05) is 0 Å². The minimum absolute atomic E-state index is 0.0564. The lowest BCUT2D eigenvalue weighted by Gasteiger charge is -2.08. The van der Waals surface area contributed by atoms with E-state index < -0.39 is 17.9 Å². The Morgan fingerprint density at radius 2 is 2.33 bits per heavy atom. The van der Waals surface area contributed by atoms with Crippen LogP contribution in [-0.2, 0) is 14.3 Å². The van der Waals surface area contributed by atoms with Gasteiger partial charge in [-0.3, -0.25) is 9.59 Å². The lowest BCUT2D eigenvalue weighted by Crippen LogP contribution is -2.07. The summed E-state index contributed by atoms with van der Waals surface area (Å²) in [4.78, 5) is 26.2. The van der Waals surface area contributed by atoms with E-state index in [9.17, 15) is 9.59 Å². The molecule has 1 aromatic rings. The molecule has 1 atom stereocenters. The lowest BCUT2D eigenvalue weighted by molar-refractivity contribution is -0.152. The first kappa shape index (κ1) is 9.64. The fourth-order valence-corrected chi connectivity index (χ4v) is 1.55. The molecule has 0 aliphatic carbocycles. The van der Waals surface area contributed by atoms with Crippen LogP contribution in [0.5, 0.6) is 5.88 Å². The summed E-state index contributed by atoms with van der Waals surface area (Å²) in [6.45, 7) is 0. The first-order chi connectivity index (χ1) is 7.22. The van der Waals surface area contributed by atoms with Crippen LogP contribution in [0.4, 0.5) is 0 Å². The van der Waals surface area contributed by atoms with Gasteiger partial charge in [-0.15, -0.1) is 0 Å². The number of hydrogen-bond donors (Lipinski definition) is 0. The standard InChI is InChI=1S/C10H9NO4/c1-14-9-6(3-2-4-11-9)7-5-8(12)15-10(7)13/h2-4,7H,5H2,1H3. The second kappa shape index (κ2) is 3.68. The second-order valence-electron chi connectivity index (χ2n) is 3.15. The molecular weight excluding hydrogens is 198 g/mol. The molecule has 2 rings (SSSR count). The molecule has 1 saturated heterocycles. The number of rotatable bonds is 2. The molecule has 1 unspecified atom stereocenters. The van der Waals surface area contributed by atoms with Crippen LogP contribution < -0.4 is 4.74 Å². The van der Waals surface area contributed by atoms with Gasteiger partial charge in [0.25, 0.3) is 0 Å². The summed E-state index contributed by atoms with van der Waals surface area (Å²) in [6, 6.07) is 3.39. The van der Waals surface area contributed by atoms with Gasteiger partial charge in [0.1, 0.15) is 0 Å². The minimum atomic E-state index is -0.582. The molecular formula is C10H9NO4. The van der Waals surface area contributed by atoms with E-state index in [0.29, 0.717) is 11.4 Å². The van der Waals surface area contributed by atoms with Crippen LogP contribution in [0.3, 0.4) is 0 Å². The van der Waals surface area contributed by atoms with Crippen molar-refractivity contribution in [2.75, 3.05) is 7.11 Å². The SMILES string of the molecule is COc1ncccc1C1CC(=O)OC1=O. The van der Waals surface area contributed by atoms with Gasteiger partial charge in [-0.1, -0.05) is 6.07 Å². The molecule has 0 bridgehead atoms. The average Bonchev–Trinajstić information content (AvgIpc) is 2.57. The van der Waals surface area contributed by atoms with Crippen LogP contribution in [0, 0.1) is 0 Å². The van der Waals surface area contributed by atoms with Crippen molar-refractivity contribution < 1.29 is 19.1 Å². The van der Waals surface area contributed by atoms with E-state index >= 15 is 0 Å². The van der Waals surface area contributed by atoms with Crippen molar-refractivity contribution in [3.8, 4) is 5.88 Å². The van der Waals surface area contributed by atoms with Gasteiger partial charge in [0.2, 0.25) is 5.88 Å². The molecule has 78 valence electrons. The summed E-state index contributed by atoms with van der Waals surface area (Å²) >= 11 is 0. The van der Waals surface area contributed by atoms with Gasteiger partial charge < -0.3 is 9.47 Å². The zero-order chi connectivity index (χ0) is 10.8. The highest BCUT2D eigenvalue weighted by Crippen LogP contribution is 2.32. The van der Waals surface area contributed by atoms with Crippen LogP contribution >= 0.6 is 0 Å². The molecule has 5 nitrogen and oxygen atoms in total. The highest BCUT2D eigenvalue weighted by atomic mass is 16.6. The van der Waals surface area contributed by atoms with Crippen molar-refractivity contribution in [2.45, 2.75) is 12.3 Å². The Morgan fingerprint density at radius 1 is 1.53 bits per heavy atom. The summed E-state index contributed by atoms with van der Waals surface area (Å²) in [5.41, 5.74) is 0.593. The number of carbonyl (C=O) groups is 2. The third kappa shape index (κ3) is 1.68. The van der Waals surface area contributed by atoms with Crippen LogP contribution in [0.15, 0.2) is 18.3 Å². The Hall–Kier alpha value is -1.91. The lowest BCUT2D eigenvalue weighted by atomic mass is 9.99. The number of aromatic nitrogens is 1. The van der Waals surface area contributed by atoms with Crippen molar-refractivity contribution >= 4 is 11.9 Å².